The van der Waals surface area contributed by atoms with E-state index in [0.29, 0.717) is 10.6 Å². The average molecular weight is 262 g/mol. The number of nitrogens with zero attached hydrogens (tertiary/aromatic N) is 1. The zero-order valence-electron chi connectivity index (χ0n) is 8.28. The molecule has 0 aliphatic carbocycles. The van der Waals surface area contributed by atoms with Gasteiger partial charge < -0.3 is 4.74 Å². The molecule has 0 fully saturated rings. The van der Waals surface area contributed by atoms with Gasteiger partial charge in [-0.15, -0.1) is 11.6 Å². The second-order valence-corrected chi connectivity index (χ2v) is 3.72. The first-order valence-electron chi connectivity index (χ1n) is 4.34. The molecule has 0 aromatic heterocycles. The van der Waals surface area contributed by atoms with Crippen molar-refractivity contribution in [2.45, 2.75) is 0 Å². The monoisotopic (exact) mass is 261 g/mol. The van der Waals surface area contributed by atoms with E-state index in [-0.39, 0.29) is 23.9 Å². The van der Waals surface area contributed by atoms with Gasteiger partial charge in [-0.1, -0.05) is 18.2 Å². The van der Waals surface area contributed by atoms with Crippen LogP contribution in [0.4, 0.5) is 5.69 Å². The predicted octanol–water partition coefficient (Wildman–Crippen LogP) is 3.42. The van der Waals surface area contributed by atoms with Gasteiger partial charge >= 0.3 is 0 Å². The normalized spacial score (nSPS) is 9.88. The van der Waals surface area contributed by atoms with Crippen molar-refractivity contribution in [1.82, 2.24) is 0 Å². The van der Waals surface area contributed by atoms with E-state index < -0.39 is 4.92 Å². The van der Waals surface area contributed by atoms with Crippen molar-refractivity contribution < 1.29 is 9.66 Å². The summed E-state index contributed by atoms with van der Waals surface area (Å²) in [5, 5.41) is 10.8. The Bertz CT molecular complexity index is 421. The number of alkyl halides is 1. The molecule has 0 bridgehead atoms. The highest BCUT2D eigenvalue weighted by molar-refractivity contribution is 6.32. The molecule has 1 aromatic rings. The van der Waals surface area contributed by atoms with E-state index in [0.717, 1.165) is 0 Å². The van der Waals surface area contributed by atoms with Crippen LogP contribution in [0.5, 0.6) is 5.75 Å². The fourth-order valence-electron chi connectivity index (χ4n) is 0.935. The van der Waals surface area contributed by atoms with Gasteiger partial charge in [-0.2, -0.15) is 0 Å². The fraction of sp³-hybridized carbons (Fsp3) is 0.200. The minimum absolute atomic E-state index is 0.0733. The third-order valence-electron chi connectivity index (χ3n) is 1.75. The number of benzene rings is 1. The fourth-order valence-corrected chi connectivity index (χ4v) is 1.18. The van der Waals surface area contributed by atoms with Gasteiger partial charge in [0.25, 0.3) is 5.69 Å². The molecular weight excluding hydrogens is 253 g/mol. The van der Waals surface area contributed by atoms with Crippen LogP contribution >= 0.6 is 23.2 Å². The zero-order chi connectivity index (χ0) is 12.1. The summed E-state index contributed by atoms with van der Waals surface area (Å²) in [6.45, 7) is 3.83. The Morgan fingerprint density at radius 2 is 2.25 bits per heavy atom. The first-order valence-corrected chi connectivity index (χ1v) is 5.25. The van der Waals surface area contributed by atoms with Gasteiger partial charge in [0.1, 0.15) is 12.4 Å². The second kappa shape index (κ2) is 5.72. The van der Waals surface area contributed by atoms with E-state index in [9.17, 15) is 10.1 Å². The second-order valence-electron chi connectivity index (χ2n) is 3.04. The molecule has 0 spiro atoms. The highest BCUT2D eigenvalue weighted by atomic mass is 35.5. The average Bonchev–Trinajstić information content (AvgIpc) is 2.27. The smallest absolute Gasteiger partial charge is 0.273 e. The number of halogens is 2. The number of rotatable bonds is 5. The van der Waals surface area contributed by atoms with Crippen LogP contribution in [-0.4, -0.2) is 17.4 Å². The molecule has 0 atom stereocenters. The molecule has 86 valence electrons. The maximum absolute atomic E-state index is 10.5. The first-order chi connectivity index (χ1) is 7.54. The molecule has 0 amide bonds. The third-order valence-corrected chi connectivity index (χ3v) is 2.44. The van der Waals surface area contributed by atoms with Gasteiger partial charge in [0, 0.05) is 11.9 Å². The summed E-state index contributed by atoms with van der Waals surface area (Å²) in [4.78, 5) is 10.0. The van der Waals surface area contributed by atoms with Gasteiger partial charge in [0.15, 0.2) is 0 Å². The van der Waals surface area contributed by atoms with Gasteiger partial charge in [-0.3, -0.25) is 10.1 Å². The summed E-state index contributed by atoms with van der Waals surface area (Å²) >= 11 is 11.3. The molecule has 0 radical (unpaired) electrons. The van der Waals surface area contributed by atoms with E-state index in [1.165, 1.54) is 18.2 Å². The van der Waals surface area contributed by atoms with Crippen molar-refractivity contribution in [1.29, 1.82) is 0 Å². The summed E-state index contributed by atoms with van der Waals surface area (Å²) in [7, 11) is 0. The Labute approximate surface area is 103 Å². The Kier molecular flexibility index (Phi) is 4.58. The van der Waals surface area contributed by atoms with E-state index in [4.69, 9.17) is 27.9 Å². The minimum Gasteiger partial charge on any atom is -0.487 e. The van der Waals surface area contributed by atoms with Crippen molar-refractivity contribution in [3.63, 3.8) is 0 Å². The van der Waals surface area contributed by atoms with Gasteiger partial charge in [0.05, 0.1) is 16.0 Å². The van der Waals surface area contributed by atoms with Gasteiger partial charge in [-0.25, -0.2) is 0 Å². The molecule has 1 rings (SSSR count). The summed E-state index contributed by atoms with van der Waals surface area (Å²) in [5.74, 6) is 0.522. The Morgan fingerprint density at radius 3 is 2.81 bits per heavy atom. The van der Waals surface area contributed by atoms with Crippen molar-refractivity contribution in [2.24, 2.45) is 0 Å². The molecule has 0 N–H and O–H groups in total. The Morgan fingerprint density at radius 1 is 1.56 bits per heavy atom. The highest BCUT2D eigenvalue weighted by Crippen LogP contribution is 2.29. The number of nitro benzene ring substituents is 1. The summed E-state index contributed by atoms with van der Waals surface area (Å²) < 4.78 is 5.26. The van der Waals surface area contributed by atoms with E-state index >= 15 is 0 Å². The molecule has 0 aliphatic heterocycles. The molecule has 0 unspecified atom stereocenters. The topological polar surface area (TPSA) is 52.4 Å². The van der Waals surface area contributed by atoms with Crippen LogP contribution in [0, 0.1) is 10.1 Å². The Balaban J connectivity index is 2.82. The molecular formula is C10H9Cl2NO3. The summed E-state index contributed by atoms with van der Waals surface area (Å²) in [5.41, 5.74) is 0.597. The van der Waals surface area contributed by atoms with Crippen molar-refractivity contribution in [3.05, 3.63) is 45.5 Å². The van der Waals surface area contributed by atoms with Crippen LogP contribution in [0.15, 0.2) is 30.4 Å². The van der Waals surface area contributed by atoms with Crippen LogP contribution in [0.25, 0.3) is 0 Å². The van der Waals surface area contributed by atoms with Crippen LogP contribution < -0.4 is 4.74 Å². The minimum atomic E-state index is -0.514. The van der Waals surface area contributed by atoms with Crippen LogP contribution in [-0.2, 0) is 0 Å². The summed E-state index contributed by atoms with van der Waals surface area (Å²) in [6.07, 6.45) is 0. The Hall–Kier alpha value is -1.26. The van der Waals surface area contributed by atoms with Crippen molar-refractivity contribution in [2.75, 3.05) is 12.5 Å². The van der Waals surface area contributed by atoms with Crippen LogP contribution in [0.2, 0.25) is 5.02 Å². The largest absolute Gasteiger partial charge is 0.487 e. The standard InChI is InChI=1S/C10H9Cl2NO3/c1-7(5-11)6-16-10-4-8(13(14)15)2-3-9(10)12/h2-4H,1,5-6H2. The maximum Gasteiger partial charge on any atom is 0.273 e. The molecule has 0 saturated carbocycles. The number of ether oxygens (including phenoxy) is 1. The van der Waals surface area contributed by atoms with Crippen molar-refractivity contribution in [3.8, 4) is 5.75 Å². The van der Waals surface area contributed by atoms with Crippen molar-refractivity contribution >= 4 is 28.9 Å². The summed E-state index contributed by atoms with van der Waals surface area (Å²) in [6, 6.07) is 3.99. The maximum atomic E-state index is 10.5. The highest BCUT2D eigenvalue weighted by Gasteiger charge is 2.10. The molecule has 1 aromatic carbocycles. The number of non-ortho nitro benzene ring substituents is 1. The quantitative estimate of drug-likeness (QED) is 0.353. The lowest BCUT2D eigenvalue weighted by atomic mass is 10.3. The third kappa shape index (κ3) is 3.40. The van der Waals surface area contributed by atoms with E-state index in [1.807, 2.05) is 0 Å². The predicted molar refractivity (Wildman–Crippen MR) is 63.5 cm³/mol. The van der Waals surface area contributed by atoms with E-state index in [1.54, 1.807) is 0 Å². The van der Waals surface area contributed by atoms with Gasteiger partial charge in [-0.05, 0) is 11.6 Å². The molecule has 0 saturated heterocycles. The van der Waals surface area contributed by atoms with Crippen LogP contribution in [0.3, 0.4) is 0 Å². The number of nitro groups is 1. The van der Waals surface area contributed by atoms with Crippen LogP contribution in [0.1, 0.15) is 0 Å². The lowest BCUT2D eigenvalue weighted by Crippen LogP contribution is -2.02. The molecule has 6 heteroatoms. The molecule has 0 heterocycles. The van der Waals surface area contributed by atoms with Gasteiger partial charge in [0.2, 0.25) is 0 Å². The zero-order valence-corrected chi connectivity index (χ0v) is 9.79. The lowest BCUT2D eigenvalue weighted by Gasteiger charge is -2.07. The molecule has 0 aliphatic rings. The SMILES string of the molecule is C=C(CCl)COc1cc([N+](=O)[O-])ccc1Cl. The van der Waals surface area contributed by atoms with E-state index in [2.05, 4.69) is 6.58 Å². The number of hydrogen-bond donors (Lipinski definition) is 0. The lowest BCUT2D eigenvalue weighted by molar-refractivity contribution is -0.384. The molecule has 4 nitrogen and oxygen atoms in total. The number of hydrogen-bond acceptors (Lipinski definition) is 3. The first kappa shape index (κ1) is 12.8. The molecule has 16 heavy (non-hydrogen) atoms.